The minimum Gasteiger partial charge on any atom is -0.465 e. The maximum atomic E-state index is 13.2. The summed E-state index contributed by atoms with van der Waals surface area (Å²) in [6.07, 6.45) is 8.62. The van der Waals surface area contributed by atoms with Crippen LogP contribution in [0, 0.1) is 5.41 Å². The number of amides is 1. The number of ether oxygens (including phenoxy) is 2. The topological polar surface area (TPSA) is 135 Å². The lowest BCUT2D eigenvalue weighted by Crippen LogP contribution is -2.46. The lowest BCUT2D eigenvalue weighted by atomic mass is 9.76. The number of piperidine rings is 1. The first kappa shape index (κ1) is 37.5. The predicted octanol–water partition coefficient (Wildman–Crippen LogP) is 3.63. The van der Waals surface area contributed by atoms with Crippen LogP contribution in [0.4, 0.5) is 4.79 Å². The fraction of sp³-hybridized carbons (Fsp3) is 0.600. The molecule has 1 atom stereocenters. The quantitative estimate of drug-likeness (QED) is 0.256. The van der Waals surface area contributed by atoms with Gasteiger partial charge >= 0.3 is 22.3 Å². The van der Waals surface area contributed by atoms with Gasteiger partial charge in [-0.15, -0.1) is 0 Å². The standard InChI is InChI=1S/C35H52N8O6S/c1-8-48-32(44)29-21-35(13-17-41(18-14-35)33(45)49-34(2,3)4)26-42(29)23-28-11-9-27(10-12-28)22-40(24-30-36-15-19-39(30)7)25-31-37-16-20-43(31)50(46,47)38(5)6/h9-12,15-16,19-20,29H,8,13-14,17-18,21-26H2,1-7H3/t29-/m1/s1. The molecule has 2 aliphatic heterocycles. The summed E-state index contributed by atoms with van der Waals surface area (Å²) in [6, 6.07) is 7.98. The second-order valence-electron chi connectivity index (χ2n) is 14.7. The van der Waals surface area contributed by atoms with E-state index in [0.717, 1.165) is 36.3 Å². The third-order valence-electron chi connectivity index (χ3n) is 9.50. The molecule has 5 rings (SSSR count). The molecule has 0 radical (unpaired) electrons. The molecule has 0 bridgehead atoms. The Morgan fingerprint density at radius 3 is 2.18 bits per heavy atom. The van der Waals surface area contributed by atoms with Crippen molar-refractivity contribution >= 4 is 22.3 Å². The number of esters is 1. The van der Waals surface area contributed by atoms with Crippen molar-refractivity contribution in [3.63, 3.8) is 0 Å². The van der Waals surface area contributed by atoms with Gasteiger partial charge in [-0.1, -0.05) is 24.3 Å². The van der Waals surface area contributed by atoms with Crippen molar-refractivity contribution in [3.8, 4) is 0 Å². The minimum atomic E-state index is -3.73. The number of aryl methyl sites for hydroxylation is 1. The van der Waals surface area contributed by atoms with Gasteiger partial charge in [-0.25, -0.2) is 18.7 Å². The summed E-state index contributed by atoms with van der Waals surface area (Å²) in [5.41, 5.74) is 1.50. The van der Waals surface area contributed by atoms with Crippen LogP contribution in [0.15, 0.2) is 49.1 Å². The number of benzene rings is 1. The number of aromatic nitrogens is 4. The summed E-state index contributed by atoms with van der Waals surface area (Å²) in [7, 11) is 1.20. The normalized spacial score (nSPS) is 18.3. The Bertz CT molecular complexity index is 1720. The Hall–Kier alpha value is -3.79. The first-order chi connectivity index (χ1) is 23.6. The van der Waals surface area contributed by atoms with E-state index in [9.17, 15) is 18.0 Å². The molecule has 14 nitrogen and oxygen atoms in total. The molecule has 15 heteroatoms. The second kappa shape index (κ2) is 15.2. The van der Waals surface area contributed by atoms with Gasteiger partial charge in [0.05, 0.1) is 19.7 Å². The molecule has 4 heterocycles. The fourth-order valence-corrected chi connectivity index (χ4v) is 7.74. The Balaban J connectivity index is 1.28. The molecule has 0 N–H and O–H groups in total. The summed E-state index contributed by atoms with van der Waals surface area (Å²) in [6.45, 7) is 11.6. The second-order valence-corrected chi connectivity index (χ2v) is 16.7. The third-order valence-corrected chi connectivity index (χ3v) is 11.2. The summed E-state index contributed by atoms with van der Waals surface area (Å²) in [5.74, 6) is 1.06. The molecule has 0 aliphatic carbocycles. The SMILES string of the molecule is CCOC(=O)[C@H]1CC2(CCN(C(=O)OC(C)(C)C)CC2)CN1Cc1ccc(CN(Cc2nccn2C)Cc2nccn2S(=O)(=O)N(C)C)cc1. The molecule has 50 heavy (non-hydrogen) atoms. The van der Waals surface area contributed by atoms with E-state index < -0.39 is 15.8 Å². The Morgan fingerprint density at radius 1 is 0.960 bits per heavy atom. The zero-order chi connectivity index (χ0) is 36.3. The van der Waals surface area contributed by atoms with E-state index in [0.29, 0.717) is 51.6 Å². The van der Waals surface area contributed by atoms with Crippen LogP contribution in [0.1, 0.15) is 69.7 Å². The number of nitrogens with zero attached hydrogens (tertiary/aromatic N) is 8. The van der Waals surface area contributed by atoms with Gasteiger partial charge in [0, 0.05) is 78.7 Å². The van der Waals surface area contributed by atoms with Crippen LogP contribution in [-0.4, -0.2) is 110 Å². The van der Waals surface area contributed by atoms with E-state index in [1.165, 1.54) is 34.8 Å². The van der Waals surface area contributed by atoms with Crippen molar-refractivity contribution in [2.45, 2.75) is 84.8 Å². The number of rotatable bonds is 12. The molecule has 2 aliphatic rings. The number of carbonyl (C=O) groups is 2. The molecule has 1 aromatic carbocycles. The lowest BCUT2D eigenvalue weighted by molar-refractivity contribution is -0.148. The zero-order valence-electron chi connectivity index (χ0n) is 30.4. The summed E-state index contributed by atoms with van der Waals surface area (Å²) < 4.78 is 41.4. The molecule has 2 aromatic heterocycles. The van der Waals surface area contributed by atoms with Crippen molar-refractivity contribution in [1.29, 1.82) is 0 Å². The molecule has 1 amide bonds. The van der Waals surface area contributed by atoms with Crippen LogP contribution < -0.4 is 0 Å². The minimum absolute atomic E-state index is 0.0763. The Kier molecular flexibility index (Phi) is 11.4. The zero-order valence-corrected chi connectivity index (χ0v) is 31.2. The van der Waals surface area contributed by atoms with Crippen LogP contribution in [0.3, 0.4) is 0 Å². The predicted molar refractivity (Wildman–Crippen MR) is 188 cm³/mol. The number of likely N-dealkylation sites (tertiary alicyclic amines) is 2. The van der Waals surface area contributed by atoms with Crippen molar-refractivity contribution in [2.24, 2.45) is 12.5 Å². The highest BCUT2D eigenvalue weighted by atomic mass is 32.2. The largest absolute Gasteiger partial charge is 0.465 e. The Morgan fingerprint density at radius 2 is 1.58 bits per heavy atom. The molecule has 3 aromatic rings. The number of imidazole rings is 2. The van der Waals surface area contributed by atoms with Gasteiger partial charge < -0.3 is 18.9 Å². The maximum absolute atomic E-state index is 13.2. The maximum Gasteiger partial charge on any atom is 0.410 e. The summed E-state index contributed by atoms with van der Waals surface area (Å²) in [5, 5.41) is 0. The van der Waals surface area contributed by atoms with Crippen molar-refractivity contribution in [2.75, 3.05) is 40.3 Å². The van der Waals surface area contributed by atoms with Crippen molar-refractivity contribution < 1.29 is 27.5 Å². The van der Waals surface area contributed by atoms with Crippen molar-refractivity contribution in [1.82, 2.24) is 37.5 Å². The molecule has 2 saturated heterocycles. The number of carbonyl (C=O) groups excluding carboxylic acids is 2. The van der Waals surface area contributed by atoms with E-state index in [-0.39, 0.29) is 30.1 Å². The van der Waals surface area contributed by atoms with E-state index in [1.807, 2.05) is 45.5 Å². The van der Waals surface area contributed by atoms with Gasteiger partial charge in [0.1, 0.15) is 23.3 Å². The lowest BCUT2D eigenvalue weighted by Gasteiger charge is -2.39. The monoisotopic (exact) mass is 712 g/mol. The Labute approximate surface area is 296 Å². The first-order valence-electron chi connectivity index (χ1n) is 17.2. The number of hydrogen-bond acceptors (Lipinski definition) is 10. The van der Waals surface area contributed by atoms with Crippen LogP contribution in [0.5, 0.6) is 0 Å². The van der Waals surface area contributed by atoms with Gasteiger partial charge in [-0.2, -0.15) is 12.7 Å². The molecule has 0 unspecified atom stereocenters. The number of hydrogen-bond donors (Lipinski definition) is 0. The highest BCUT2D eigenvalue weighted by Gasteiger charge is 2.49. The first-order valence-corrected chi connectivity index (χ1v) is 18.6. The van der Waals surface area contributed by atoms with E-state index in [4.69, 9.17) is 9.47 Å². The van der Waals surface area contributed by atoms with E-state index >= 15 is 0 Å². The third kappa shape index (κ3) is 8.92. The van der Waals surface area contributed by atoms with E-state index in [2.05, 4.69) is 44.0 Å². The van der Waals surface area contributed by atoms with Crippen LogP contribution in [0.25, 0.3) is 0 Å². The van der Waals surface area contributed by atoms with Gasteiger partial charge in [0.25, 0.3) is 0 Å². The van der Waals surface area contributed by atoms with Gasteiger partial charge in [-0.05, 0) is 63.5 Å². The molecular weight excluding hydrogens is 661 g/mol. The van der Waals surface area contributed by atoms with Gasteiger partial charge in [0.15, 0.2) is 0 Å². The van der Waals surface area contributed by atoms with Crippen LogP contribution >= 0.6 is 0 Å². The van der Waals surface area contributed by atoms with E-state index in [1.54, 1.807) is 11.1 Å². The smallest absolute Gasteiger partial charge is 0.410 e. The van der Waals surface area contributed by atoms with Crippen LogP contribution in [-0.2, 0) is 57.7 Å². The summed E-state index contributed by atoms with van der Waals surface area (Å²) in [4.78, 5) is 40.9. The average Bonchev–Trinajstić information content (AvgIpc) is 3.77. The fourth-order valence-electron chi connectivity index (χ4n) is 6.81. The van der Waals surface area contributed by atoms with Crippen LogP contribution in [0.2, 0.25) is 0 Å². The molecule has 274 valence electrons. The highest BCUT2D eigenvalue weighted by Crippen LogP contribution is 2.44. The molecule has 0 saturated carbocycles. The summed E-state index contributed by atoms with van der Waals surface area (Å²) >= 11 is 0. The van der Waals surface area contributed by atoms with Gasteiger partial charge in [0.2, 0.25) is 0 Å². The molecule has 2 fully saturated rings. The molecule has 1 spiro atoms. The molecular formula is C35H52N8O6S. The van der Waals surface area contributed by atoms with Crippen molar-refractivity contribution in [3.05, 3.63) is 71.8 Å². The average molecular weight is 713 g/mol. The van der Waals surface area contributed by atoms with Gasteiger partial charge in [-0.3, -0.25) is 14.6 Å². The highest BCUT2D eigenvalue weighted by molar-refractivity contribution is 7.87.